The molecule has 0 heterocycles. The van der Waals surface area contributed by atoms with Crippen molar-refractivity contribution >= 4 is 17.1 Å². The van der Waals surface area contributed by atoms with Gasteiger partial charge in [0.15, 0.2) is 0 Å². The molecule has 0 bridgehead atoms. The molecular weight excluding hydrogens is 232 g/mol. The molecule has 0 saturated heterocycles. The molecule has 2 rings (SSSR count). The third-order valence-electron chi connectivity index (χ3n) is 3.56. The highest BCUT2D eigenvalue weighted by Crippen LogP contribution is 2.26. The van der Waals surface area contributed by atoms with Gasteiger partial charge in [-0.05, 0) is 32.8 Å². The molecule has 0 spiro atoms. The van der Waals surface area contributed by atoms with Crippen LogP contribution >= 0.6 is 0 Å². The molecule has 0 amide bonds. The highest BCUT2D eigenvalue weighted by Gasteiger charge is 2.14. The number of nitrogens with one attached hydrogen (secondary N) is 1. The first kappa shape index (κ1) is 13.9. The summed E-state index contributed by atoms with van der Waals surface area (Å²) in [7, 11) is 0. The molecule has 1 fully saturated rings. The topological polar surface area (TPSA) is 24.4 Å². The fourth-order valence-electron chi connectivity index (χ4n) is 2.64. The molecule has 0 atom stereocenters. The lowest BCUT2D eigenvalue weighted by molar-refractivity contribution is 0.409. The Bertz CT molecular complexity index is 464. The first-order valence-electron chi connectivity index (χ1n) is 7.23. The Kier molecular flexibility index (Phi) is 4.78. The third kappa shape index (κ3) is 3.95. The van der Waals surface area contributed by atoms with Crippen LogP contribution in [0.5, 0.6) is 0 Å². The molecule has 1 aromatic rings. The SMILES string of the molecule is C=C(NC1CCCCC1)c1ccccc1N=C(C)C. The van der Waals surface area contributed by atoms with Crippen LogP contribution < -0.4 is 5.32 Å². The van der Waals surface area contributed by atoms with Gasteiger partial charge in [-0.2, -0.15) is 0 Å². The Morgan fingerprint density at radius 1 is 1.16 bits per heavy atom. The van der Waals surface area contributed by atoms with Crippen molar-refractivity contribution in [3.8, 4) is 0 Å². The van der Waals surface area contributed by atoms with Crippen molar-refractivity contribution in [1.82, 2.24) is 5.32 Å². The third-order valence-corrected chi connectivity index (χ3v) is 3.56. The zero-order valence-electron chi connectivity index (χ0n) is 12.1. The maximum Gasteiger partial charge on any atom is 0.0721 e. The van der Waals surface area contributed by atoms with Crippen LogP contribution in [-0.4, -0.2) is 11.8 Å². The van der Waals surface area contributed by atoms with E-state index in [4.69, 9.17) is 0 Å². The molecule has 102 valence electrons. The van der Waals surface area contributed by atoms with Crippen LogP contribution in [0.25, 0.3) is 5.70 Å². The second kappa shape index (κ2) is 6.55. The van der Waals surface area contributed by atoms with Gasteiger partial charge in [0.05, 0.1) is 5.69 Å². The van der Waals surface area contributed by atoms with Crippen LogP contribution in [0.2, 0.25) is 0 Å². The molecule has 1 N–H and O–H groups in total. The van der Waals surface area contributed by atoms with Gasteiger partial charge < -0.3 is 5.32 Å². The first-order valence-corrected chi connectivity index (χ1v) is 7.23. The maximum atomic E-state index is 4.59. The summed E-state index contributed by atoms with van der Waals surface area (Å²) in [5.74, 6) is 0. The summed E-state index contributed by atoms with van der Waals surface area (Å²) in [6.07, 6.45) is 6.56. The molecule has 0 aliphatic heterocycles. The normalized spacial score (nSPS) is 15.9. The van der Waals surface area contributed by atoms with Gasteiger partial charge in [-0.25, -0.2) is 0 Å². The van der Waals surface area contributed by atoms with Gasteiger partial charge in [0, 0.05) is 23.0 Å². The van der Waals surface area contributed by atoms with E-state index in [9.17, 15) is 0 Å². The lowest BCUT2D eigenvalue weighted by Crippen LogP contribution is -2.29. The van der Waals surface area contributed by atoms with Crippen LogP contribution in [-0.2, 0) is 0 Å². The van der Waals surface area contributed by atoms with Crippen molar-refractivity contribution in [3.63, 3.8) is 0 Å². The molecule has 1 saturated carbocycles. The van der Waals surface area contributed by atoms with Gasteiger partial charge in [0.2, 0.25) is 0 Å². The van der Waals surface area contributed by atoms with Crippen LogP contribution in [0, 0.1) is 0 Å². The average Bonchev–Trinajstić information content (AvgIpc) is 2.39. The van der Waals surface area contributed by atoms with E-state index in [1.165, 1.54) is 32.1 Å². The summed E-state index contributed by atoms with van der Waals surface area (Å²) in [6.45, 7) is 8.25. The van der Waals surface area contributed by atoms with Crippen LogP contribution in [0.15, 0.2) is 35.8 Å². The monoisotopic (exact) mass is 256 g/mol. The van der Waals surface area contributed by atoms with Gasteiger partial charge in [0.1, 0.15) is 0 Å². The fourth-order valence-corrected chi connectivity index (χ4v) is 2.64. The Morgan fingerprint density at radius 2 is 1.84 bits per heavy atom. The second-order valence-corrected chi connectivity index (χ2v) is 5.53. The Balaban J connectivity index is 2.12. The van der Waals surface area contributed by atoms with E-state index in [1.54, 1.807) is 0 Å². The number of aliphatic imine (C=N–C) groups is 1. The fraction of sp³-hybridized carbons (Fsp3) is 0.471. The van der Waals surface area contributed by atoms with E-state index in [-0.39, 0.29) is 0 Å². The van der Waals surface area contributed by atoms with Crippen molar-refractivity contribution in [2.45, 2.75) is 52.0 Å². The molecular formula is C17H24N2. The van der Waals surface area contributed by atoms with E-state index < -0.39 is 0 Å². The maximum absolute atomic E-state index is 4.59. The van der Waals surface area contributed by atoms with Crippen molar-refractivity contribution in [3.05, 3.63) is 36.4 Å². The summed E-state index contributed by atoms with van der Waals surface area (Å²) < 4.78 is 0. The largest absolute Gasteiger partial charge is 0.382 e. The van der Waals surface area contributed by atoms with Gasteiger partial charge >= 0.3 is 0 Å². The molecule has 2 nitrogen and oxygen atoms in total. The quantitative estimate of drug-likeness (QED) is 0.776. The zero-order valence-corrected chi connectivity index (χ0v) is 12.1. The van der Waals surface area contributed by atoms with Crippen molar-refractivity contribution in [2.75, 3.05) is 0 Å². The molecule has 2 heteroatoms. The number of hydrogen-bond acceptors (Lipinski definition) is 2. The number of rotatable bonds is 4. The lowest BCUT2D eigenvalue weighted by Gasteiger charge is -2.25. The van der Waals surface area contributed by atoms with E-state index >= 15 is 0 Å². The number of para-hydroxylation sites is 1. The van der Waals surface area contributed by atoms with Crippen molar-refractivity contribution < 1.29 is 0 Å². The van der Waals surface area contributed by atoms with Gasteiger partial charge in [0.25, 0.3) is 0 Å². The number of benzene rings is 1. The molecule has 1 aliphatic rings. The smallest absolute Gasteiger partial charge is 0.0721 e. The minimum Gasteiger partial charge on any atom is -0.382 e. The highest BCUT2D eigenvalue weighted by molar-refractivity contribution is 5.84. The minimum atomic E-state index is 0.584. The molecule has 0 radical (unpaired) electrons. The van der Waals surface area contributed by atoms with Gasteiger partial charge in [-0.3, -0.25) is 4.99 Å². The Morgan fingerprint density at radius 3 is 2.53 bits per heavy atom. The van der Waals surface area contributed by atoms with E-state index in [0.717, 1.165) is 22.7 Å². The average molecular weight is 256 g/mol. The van der Waals surface area contributed by atoms with E-state index in [0.29, 0.717) is 6.04 Å². The molecule has 19 heavy (non-hydrogen) atoms. The van der Waals surface area contributed by atoms with E-state index in [1.807, 2.05) is 26.0 Å². The summed E-state index contributed by atoms with van der Waals surface area (Å²) in [6, 6.07) is 8.81. The number of hydrogen-bond donors (Lipinski definition) is 1. The summed E-state index contributed by atoms with van der Waals surface area (Å²) in [4.78, 5) is 4.59. The first-order chi connectivity index (χ1) is 9.16. The molecule has 1 aliphatic carbocycles. The van der Waals surface area contributed by atoms with Gasteiger partial charge in [-0.15, -0.1) is 0 Å². The summed E-state index contributed by atoms with van der Waals surface area (Å²) in [5.41, 5.74) is 4.20. The van der Waals surface area contributed by atoms with E-state index in [2.05, 4.69) is 29.0 Å². The highest BCUT2D eigenvalue weighted by atomic mass is 14.9. The standard InChI is InChI=1S/C17H24N2/c1-13(2)18-17-12-8-7-11-16(17)14(3)19-15-9-5-4-6-10-15/h7-8,11-12,15,19H,3-6,9-10H2,1-2H3. The zero-order chi connectivity index (χ0) is 13.7. The van der Waals surface area contributed by atoms with Crippen molar-refractivity contribution in [2.24, 2.45) is 4.99 Å². The summed E-state index contributed by atoms with van der Waals surface area (Å²) >= 11 is 0. The second-order valence-electron chi connectivity index (χ2n) is 5.53. The predicted octanol–water partition coefficient (Wildman–Crippen LogP) is 4.69. The number of nitrogens with zero attached hydrogens (tertiary/aromatic N) is 1. The van der Waals surface area contributed by atoms with Crippen LogP contribution in [0.4, 0.5) is 5.69 Å². The molecule has 0 aromatic heterocycles. The summed E-state index contributed by atoms with van der Waals surface area (Å²) in [5, 5.41) is 3.59. The minimum absolute atomic E-state index is 0.584. The Hall–Kier alpha value is -1.57. The molecule has 1 aromatic carbocycles. The van der Waals surface area contributed by atoms with Crippen LogP contribution in [0.3, 0.4) is 0 Å². The Labute approximate surface area is 116 Å². The molecule has 0 unspecified atom stereocenters. The predicted molar refractivity (Wildman–Crippen MR) is 83.9 cm³/mol. The van der Waals surface area contributed by atoms with Gasteiger partial charge in [-0.1, -0.05) is 44.0 Å². The van der Waals surface area contributed by atoms with Crippen LogP contribution in [0.1, 0.15) is 51.5 Å². The lowest BCUT2D eigenvalue weighted by atomic mass is 9.95. The van der Waals surface area contributed by atoms with Crippen molar-refractivity contribution in [1.29, 1.82) is 0 Å².